The molecule has 2 aromatic carbocycles. The Hall–Kier alpha value is -2.49. The zero-order valence-corrected chi connectivity index (χ0v) is 17.7. The van der Waals surface area contributed by atoms with Gasteiger partial charge in [0.15, 0.2) is 0 Å². The molecule has 4 nitrogen and oxygen atoms in total. The van der Waals surface area contributed by atoms with Crippen LogP contribution in [0.4, 0.5) is 5.69 Å². The number of nitrogens with zero attached hydrogens (tertiary/aromatic N) is 1. The Bertz CT molecular complexity index is 840. The van der Waals surface area contributed by atoms with E-state index in [-0.39, 0.29) is 16.6 Å². The number of aliphatic imine (C=N–C) groups is 1. The molecule has 2 aromatic rings. The van der Waals surface area contributed by atoms with Crippen LogP contribution >= 0.6 is 0 Å². The van der Waals surface area contributed by atoms with Gasteiger partial charge in [0.05, 0.1) is 14.2 Å². The van der Waals surface area contributed by atoms with Gasteiger partial charge in [-0.15, -0.1) is 0 Å². The molecule has 0 aliphatic rings. The van der Waals surface area contributed by atoms with Gasteiger partial charge in [0.2, 0.25) is 0 Å². The van der Waals surface area contributed by atoms with Gasteiger partial charge in [-0.05, 0) is 34.6 Å². The van der Waals surface area contributed by atoms with Gasteiger partial charge in [0.25, 0.3) is 0 Å². The minimum atomic E-state index is -0.175. The van der Waals surface area contributed by atoms with E-state index in [1.807, 2.05) is 18.2 Å². The van der Waals surface area contributed by atoms with Crippen LogP contribution in [0.15, 0.2) is 35.3 Å². The summed E-state index contributed by atoms with van der Waals surface area (Å²) in [5.74, 6) is 1.60. The van der Waals surface area contributed by atoms with Crippen molar-refractivity contribution < 1.29 is 14.6 Å². The predicted octanol–water partition coefficient (Wildman–Crippen LogP) is 5.76. The third-order valence-electron chi connectivity index (χ3n) is 4.54. The fourth-order valence-corrected chi connectivity index (χ4v) is 2.79. The molecule has 0 heterocycles. The van der Waals surface area contributed by atoms with E-state index in [0.29, 0.717) is 22.7 Å². The molecule has 2 rings (SSSR count). The number of hydrogen-bond donors (Lipinski definition) is 1. The van der Waals surface area contributed by atoms with Crippen LogP contribution in [0.2, 0.25) is 0 Å². The summed E-state index contributed by atoms with van der Waals surface area (Å²) < 4.78 is 10.6. The second-order valence-electron chi connectivity index (χ2n) is 8.76. The lowest BCUT2D eigenvalue weighted by atomic mass is 9.79. The van der Waals surface area contributed by atoms with Crippen molar-refractivity contribution in [3.8, 4) is 17.2 Å². The van der Waals surface area contributed by atoms with Crippen molar-refractivity contribution in [2.75, 3.05) is 14.2 Å². The molecule has 0 atom stereocenters. The van der Waals surface area contributed by atoms with E-state index in [9.17, 15) is 5.11 Å². The molecule has 0 saturated heterocycles. The highest BCUT2D eigenvalue weighted by Gasteiger charge is 2.24. The van der Waals surface area contributed by atoms with Crippen LogP contribution in [-0.2, 0) is 10.8 Å². The van der Waals surface area contributed by atoms with Crippen molar-refractivity contribution in [3.63, 3.8) is 0 Å². The van der Waals surface area contributed by atoms with Gasteiger partial charge in [0.1, 0.15) is 22.9 Å². The summed E-state index contributed by atoms with van der Waals surface area (Å²) in [6.07, 6.45) is 1.70. The quantitative estimate of drug-likeness (QED) is 0.698. The van der Waals surface area contributed by atoms with Gasteiger partial charge < -0.3 is 14.6 Å². The molecule has 0 fully saturated rings. The number of benzene rings is 2. The maximum absolute atomic E-state index is 10.9. The Kier molecular flexibility index (Phi) is 5.88. The summed E-state index contributed by atoms with van der Waals surface area (Å²) >= 11 is 0. The molecule has 27 heavy (non-hydrogen) atoms. The lowest BCUT2D eigenvalue weighted by Gasteiger charge is -2.27. The van der Waals surface area contributed by atoms with Gasteiger partial charge in [-0.1, -0.05) is 47.6 Å². The smallest absolute Gasteiger partial charge is 0.148 e. The van der Waals surface area contributed by atoms with Crippen molar-refractivity contribution in [1.82, 2.24) is 0 Å². The molecular formula is C23H31NO3. The molecule has 0 aromatic heterocycles. The molecule has 0 spiro atoms. The lowest BCUT2D eigenvalue weighted by Crippen LogP contribution is -2.17. The normalized spacial score (nSPS) is 12.4. The Morgan fingerprint density at radius 2 is 1.56 bits per heavy atom. The zero-order chi connectivity index (χ0) is 20.4. The lowest BCUT2D eigenvalue weighted by molar-refractivity contribution is 0.395. The summed E-state index contributed by atoms with van der Waals surface area (Å²) in [5, 5.41) is 10.9. The molecule has 0 radical (unpaired) electrons. The van der Waals surface area contributed by atoms with Crippen LogP contribution in [0.1, 0.15) is 58.2 Å². The topological polar surface area (TPSA) is 51.0 Å². The average Bonchev–Trinajstić information content (AvgIpc) is 2.58. The molecule has 0 aliphatic carbocycles. The van der Waals surface area contributed by atoms with Crippen molar-refractivity contribution in [1.29, 1.82) is 0 Å². The Balaban J connectivity index is 2.57. The van der Waals surface area contributed by atoms with E-state index in [1.165, 1.54) is 0 Å². The second-order valence-corrected chi connectivity index (χ2v) is 8.76. The van der Waals surface area contributed by atoms with E-state index in [0.717, 1.165) is 11.1 Å². The summed E-state index contributed by atoms with van der Waals surface area (Å²) in [4.78, 5) is 4.56. The highest BCUT2D eigenvalue weighted by Crippen LogP contribution is 2.38. The summed E-state index contributed by atoms with van der Waals surface area (Å²) in [5.41, 5.74) is 3.24. The number of rotatable bonds is 4. The number of hydrogen-bond acceptors (Lipinski definition) is 4. The average molecular weight is 370 g/mol. The standard InChI is InChI=1S/C23H31NO3/c1-22(2,3)16-11-15(21(25)18(12-16)23(4,5)6)14-24-19-10-9-17(26-7)13-20(19)27-8/h9-14,25H,1-8H3. The van der Waals surface area contributed by atoms with E-state index >= 15 is 0 Å². The number of ether oxygens (including phenoxy) is 2. The number of aromatic hydroxyl groups is 1. The fourth-order valence-electron chi connectivity index (χ4n) is 2.79. The third kappa shape index (κ3) is 4.82. The first-order chi connectivity index (χ1) is 12.5. The summed E-state index contributed by atoms with van der Waals surface area (Å²) in [6.45, 7) is 12.8. The first-order valence-electron chi connectivity index (χ1n) is 9.11. The SMILES string of the molecule is COc1ccc(N=Cc2cc(C(C)(C)C)cc(C(C)(C)C)c2O)c(OC)c1. The van der Waals surface area contributed by atoms with Crippen molar-refractivity contribution in [2.24, 2.45) is 4.99 Å². The minimum absolute atomic E-state index is 0.0336. The van der Waals surface area contributed by atoms with E-state index in [1.54, 1.807) is 26.5 Å². The van der Waals surface area contributed by atoms with Gasteiger partial charge in [-0.2, -0.15) is 0 Å². The first-order valence-corrected chi connectivity index (χ1v) is 9.11. The molecule has 0 aliphatic heterocycles. The number of phenols is 1. The maximum Gasteiger partial charge on any atom is 0.148 e. The highest BCUT2D eigenvalue weighted by molar-refractivity contribution is 5.87. The Morgan fingerprint density at radius 1 is 0.889 bits per heavy atom. The molecule has 0 unspecified atom stereocenters. The van der Waals surface area contributed by atoms with Crippen LogP contribution < -0.4 is 9.47 Å². The number of methoxy groups -OCH3 is 2. The molecule has 0 saturated carbocycles. The second kappa shape index (κ2) is 7.63. The van der Waals surface area contributed by atoms with Gasteiger partial charge >= 0.3 is 0 Å². The summed E-state index contributed by atoms with van der Waals surface area (Å²) in [6, 6.07) is 9.56. The minimum Gasteiger partial charge on any atom is -0.507 e. The Labute approximate surface area is 162 Å². The van der Waals surface area contributed by atoms with Crippen molar-refractivity contribution in [3.05, 3.63) is 47.0 Å². The maximum atomic E-state index is 10.9. The van der Waals surface area contributed by atoms with Crippen LogP contribution in [0, 0.1) is 0 Å². The van der Waals surface area contributed by atoms with Crippen LogP contribution in [0.5, 0.6) is 17.2 Å². The molecule has 0 amide bonds. The van der Waals surface area contributed by atoms with E-state index in [4.69, 9.17) is 9.47 Å². The fraction of sp³-hybridized carbons (Fsp3) is 0.435. The number of phenolic OH excluding ortho intramolecular Hbond substituents is 1. The zero-order valence-electron chi connectivity index (χ0n) is 17.7. The van der Waals surface area contributed by atoms with Crippen molar-refractivity contribution in [2.45, 2.75) is 52.4 Å². The molecule has 4 heteroatoms. The molecule has 146 valence electrons. The largest absolute Gasteiger partial charge is 0.507 e. The van der Waals surface area contributed by atoms with Gasteiger partial charge in [-0.3, -0.25) is 4.99 Å². The molecule has 1 N–H and O–H groups in total. The van der Waals surface area contributed by atoms with Crippen molar-refractivity contribution >= 4 is 11.9 Å². The van der Waals surface area contributed by atoms with Crippen LogP contribution in [-0.4, -0.2) is 25.5 Å². The van der Waals surface area contributed by atoms with E-state index < -0.39 is 0 Å². The third-order valence-corrected chi connectivity index (χ3v) is 4.54. The highest BCUT2D eigenvalue weighted by atomic mass is 16.5. The first kappa shape index (κ1) is 20.8. The van der Waals surface area contributed by atoms with Crippen LogP contribution in [0.25, 0.3) is 0 Å². The summed E-state index contributed by atoms with van der Waals surface area (Å²) in [7, 11) is 3.21. The van der Waals surface area contributed by atoms with Crippen LogP contribution in [0.3, 0.4) is 0 Å². The van der Waals surface area contributed by atoms with Gasteiger partial charge in [-0.25, -0.2) is 0 Å². The van der Waals surface area contributed by atoms with Gasteiger partial charge in [0, 0.05) is 23.4 Å². The molecular weight excluding hydrogens is 338 g/mol. The Morgan fingerprint density at radius 3 is 2.07 bits per heavy atom. The predicted molar refractivity (Wildman–Crippen MR) is 112 cm³/mol. The monoisotopic (exact) mass is 369 g/mol. The molecule has 0 bridgehead atoms. The van der Waals surface area contributed by atoms with E-state index in [2.05, 4.69) is 52.6 Å².